The summed E-state index contributed by atoms with van der Waals surface area (Å²) in [6.45, 7) is 10.2. The van der Waals surface area contributed by atoms with Gasteiger partial charge in [-0.05, 0) is 18.2 Å². The highest BCUT2D eigenvalue weighted by molar-refractivity contribution is 7.92. The van der Waals surface area contributed by atoms with Gasteiger partial charge in [0.05, 0.1) is 36.6 Å². The van der Waals surface area contributed by atoms with Crippen LogP contribution in [0.4, 0.5) is 11.4 Å². The predicted octanol–water partition coefficient (Wildman–Crippen LogP) is 2.36. The number of rotatable bonds is 13. The number of nitrogens with one attached hydrogen (secondary N) is 1. The third-order valence-corrected chi connectivity index (χ3v) is 7.06. The Morgan fingerprint density at radius 1 is 1.03 bits per heavy atom. The van der Waals surface area contributed by atoms with Gasteiger partial charge >= 0.3 is 0 Å². The fraction of sp³-hybridized carbons (Fsp3) is 0.500. The number of aliphatic hydroxyl groups is 1. The van der Waals surface area contributed by atoms with Crippen LogP contribution in [0.1, 0.15) is 27.7 Å². The number of benzene rings is 2. The van der Waals surface area contributed by atoms with Crippen LogP contribution >= 0.6 is 0 Å². The van der Waals surface area contributed by atoms with Gasteiger partial charge in [0.2, 0.25) is 0 Å². The molecule has 2 N–H and O–H groups in total. The Kier molecular flexibility index (Phi) is 9.84. The van der Waals surface area contributed by atoms with Crippen molar-refractivity contribution < 1.29 is 28.1 Å². The maximum absolute atomic E-state index is 13.6. The molecule has 0 amide bonds. The smallest absolute Gasteiger partial charge is 0.271 e. The number of nitrogens with zero attached hydrogens (tertiary/aromatic N) is 2. The molecule has 0 heterocycles. The average Bonchev–Trinajstić information content (AvgIpc) is 2.76. The Labute approximate surface area is 202 Å². The minimum atomic E-state index is -4.14. The quantitative estimate of drug-likeness (QED) is 0.326. The maximum atomic E-state index is 13.6. The Morgan fingerprint density at radius 2 is 1.62 bits per heavy atom. The molecule has 1 unspecified atom stereocenters. The second-order valence-corrected chi connectivity index (χ2v) is 11.1. The number of hydrogen-bond donors (Lipinski definition) is 2. The third-order valence-electron chi connectivity index (χ3n) is 5.27. The zero-order valence-electron chi connectivity index (χ0n) is 20.5. The van der Waals surface area contributed by atoms with Crippen molar-refractivity contribution in [2.24, 2.45) is 11.8 Å². The van der Waals surface area contributed by atoms with Gasteiger partial charge in [-0.1, -0.05) is 45.9 Å². The first kappa shape index (κ1) is 27.6. The van der Waals surface area contributed by atoms with Gasteiger partial charge in [-0.3, -0.25) is 14.4 Å². The van der Waals surface area contributed by atoms with Crippen molar-refractivity contribution >= 4 is 21.4 Å². The standard InChI is InChI=1S/C24H35N3O6S/c1-18(2)14-25(15-19(3)4)16-21(28)17-26(34(31,32)22-9-7-6-8-10-22)23-13-20(27(29)30)11-12-24(23)33-5/h6-13,18-19,21,28H,14-17H2,1-5H3/p+1. The Balaban J connectivity index is 2.51. The first-order valence-corrected chi connectivity index (χ1v) is 12.8. The van der Waals surface area contributed by atoms with Crippen LogP contribution in [-0.4, -0.2) is 57.8 Å². The summed E-state index contributed by atoms with van der Waals surface area (Å²) in [6, 6.07) is 11.6. The summed E-state index contributed by atoms with van der Waals surface area (Å²) < 4.78 is 33.6. The summed E-state index contributed by atoms with van der Waals surface area (Å²) in [6.07, 6.45) is -1.00. The number of nitro benzene ring substituents is 1. The number of quaternary nitrogens is 1. The molecule has 0 saturated heterocycles. The van der Waals surface area contributed by atoms with E-state index >= 15 is 0 Å². The van der Waals surface area contributed by atoms with Crippen molar-refractivity contribution in [3.63, 3.8) is 0 Å². The van der Waals surface area contributed by atoms with Crippen LogP contribution in [-0.2, 0) is 10.0 Å². The van der Waals surface area contributed by atoms with Gasteiger partial charge in [0.25, 0.3) is 15.7 Å². The topological polar surface area (TPSA) is 114 Å². The molecular weight excluding hydrogens is 458 g/mol. The van der Waals surface area contributed by atoms with Crippen LogP contribution in [0.15, 0.2) is 53.4 Å². The number of aliphatic hydroxyl groups excluding tert-OH is 1. The molecule has 0 radical (unpaired) electrons. The van der Waals surface area contributed by atoms with E-state index in [2.05, 4.69) is 27.7 Å². The normalized spacial score (nSPS) is 12.9. The van der Waals surface area contributed by atoms with Gasteiger partial charge in [-0.15, -0.1) is 0 Å². The molecule has 9 nitrogen and oxygen atoms in total. The molecule has 0 aliphatic heterocycles. The van der Waals surface area contributed by atoms with Crippen LogP contribution in [0.3, 0.4) is 0 Å². The van der Waals surface area contributed by atoms with Crippen molar-refractivity contribution in [3.05, 3.63) is 58.6 Å². The minimum Gasteiger partial charge on any atom is -0.495 e. The van der Waals surface area contributed by atoms with E-state index in [-0.39, 0.29) is 28.6 Å². The molecule has 0 aliphatic carbocycles. The molecule has 0 bridgehead atoms. The lowest BCUT2D eigenvalue weighted by Gasteiger charge is -2.30. The summed E-state index contributed by atoms with van der Waals surface area (Å²) in [5, 5.41) is 22.4. The highest BCUT2D eigenvalue weighted by Crippen LogP contribution is 2.35. The molecule has 0 saturated carbocycles. The summed E-state index contributed by atoms with van der Waals surface area (Å²) in [4.78, 5) is 12.0. The second kappa shape index (κ2) is 12.1. The molecule has 2 aromatic carbocycles. The predicted molar refractivity (Wildman–Crippen MR) is 132 cm³/mol. The molecule has 34 heavy (non-hydrogen) atoms. The van der Waals surface area contributed by atoms with E-state index in [1.54, 1.807) is 18.2 Å². The van der Waals surface area contributed by atoms with E-state index in [0.717, 1.165) is 17.4 Å². The van der Waals surface area contributed by atoms with Gasteiger partial charge in [0.15, 0.2) is 0 Å². The number of anilines is 1. The number of ether oxygens (including phenoxy) is 1. The molecule has 10 heteroatoms. The van der Waals surface area contributed by atoms with Crippen molar-refractivity contribution in [1.82, 2.24) is 0 Å². The van der Waals surface area contributed by atoms with E-state index in [0.29, 0.717) is 18.4 Å². The first-order chi connectivity index (χ1) is 15.9. The lowest BCUT2D eigenvalue weighted by Crippen LogP contribution is -3.14. The van der Waals surface area contributed by atoms with E-state index in [9.17, 15) is 23.6 Å². The third kappa shape index (κ3) is 7.41. The molecule has 0 aromatic heterocycles. The lowest BCUT2D eigenvalue weighted by molar-refractivity contribution is -0.909. The van der Waals surface area contributed by atoms with Gasteiger partial charge in [-0.25, -0.2) is 8.42 Å². The molecule has 2 rings (SSSR count). The number of sulfonamides is 1. The maximum Gasteiger partial charge on any atom is 0.271 e. The summed E-state index contributed by atoms with van der Waals surface area (Å²) >= 11 is 0. The number of non-ortho nitro benzene ring substituents is 1. The molecule has 0 spiro atoms. The first-order valence-electron chi connectivity index (χ1n) is 11.4. The van der Waals surface area contributed by atoms with Gasteiger partial charge in [0.1, 0.15) is 24.1 Å². The van der Waals surface area contributed by atoms with E-state index in [4.69, 9.17) is 4.74 Å². The van der Waals surface area contributed by atoms with Crippen LogP contribution in [0, 0.1) is 22.0 Å². The minimum absolute atomic E-state index is 0.00822. The van der Waals surface area contributed by atoms with Crippen molar-refractivity contribution in [1.29, 1.82) is 0 Å². The van der Waals surface area contributed by atoms with Crippen LogP contribution in [0.25, 0.3) is 0 Å². The molecule has 1 atom stereocenters. The highest BCUT2D eigenvalue weighted by atomic mass is 32.2. The Bertz CT molecular complexity index is 1030. The Morgan fingerprint density at radius 3 is 2.12 bits per heavy atom. The zero-order chi connectivity index (χ0) is 25.5. The number of nitro groups is 1. The SMILES string of the molecule is COc1ccc([N+](=O)[O-])cc1N(CC(O)C[NH+](CC(C)C)CC(C)C)S(=O)(=O)c1ccccc1. The fourth-order valence-corrected chi connectivity index (χ4v) is 5.55. The molecule has 0 fully saturated rings. The second-order valence-electron chi connectivity index (χ2n) is 9.27. The molecule has 0 aliphatic rings. The Hall–Kier alpha value is -2.69. The highest BCUT2D eigenvalue weighted by Gasteiger charge is 2.32. The molecular formula is C24H36N3O6S+. The van der Waals surface area contributed by atoms with Crippen molar-refractivity contribution in [2.45, 2.75) is 38.7 Å². The van der Waals surface area contributed by atoms with Crippen molar-refractivity contribution in [2.75, 3.05) is 37.6 Å². The van der Waals surface area contributed by atoms with Gasteiger partial charge in [-0.2, -0.15) is 0 Å². The van der Waals surface area contributed by atoms with Crippen molar-refractivity contribution in [3.8, 4) is 5.75 Å². The zero-order valence-corrected chi connectivity index (χ0v) is 21.3. The average molecular weight is 495 g/mol. The molecule has 2 aromatic rings. The summed E-state index contributed by atoms with van der Waals surface area (Å²) in [5.74, 6) is 0.967. The lowest BCUT2D eigenvalue weighted by atomic mass is 10.1. The fourth-order valence-electron chi connectivity index (χ4n) is 4.03. The van der Waals surface area contributed by atoms with Crippen LogP contribution in [0.5, 0.6) is 5.75 Å². The monoisotopic (exact) mass is 494 g/mol. The number of hydrogen-bond acceptors (Lipinski definition) is 6. The van der Waals surface area contributed by atoms with Crippen LogP contribution in [0.2, 0.25) is 0 Å². The van der Waals surface area contributed by atoms with Gasteiger partial charge in [0, 0.05) is 24.0 Å². The van der Waals surface area contributed by atoms with Gasteiger partial charge < -0.3 is 14.7 Å². The van der Waals surface area contributed by atoms with E-state index in [1.807, 2.05) is 0 Å². The largest absolute Gasteiger partial charge is 0.495 e. The summed E-state index contributed by atoms with van der Waals surface area (Å²) in [5.41, 5.74) is -0.265. The van der Waals surface area contributed by atoms with Crippen LogP contribution < -0.4 is 13.9 Å². The molecule has 188 valence electrons. The summed E-state index contributed by atoms with van der Waals surface area (Å²) in [7, 11) is -2.78. The van der Waals surface area contributed by atoms with E-state index < -0.39 is 21.1 Å². The van der Waals surface area contributed by atoms with E-state index in [1.165, 1.54) is 42.3 Å². The number of methoxy groups -OCH3 is 1.